The van der Waals surface area contributed by atoms with E-state index in [1.165, 1.54) is 0 Å². The molecule has 1 amide bonds. The van der Waals surface area contributed by atoms with Gasteiger partial charge < -0.3 is 10.2 Å². The van der Waals surface area contributed by atoms with Crippen LogP contribution in [0.4, 0.5) is 13.2 Å². The molecule has 0 aliphatic carbocycles. The zero-order valence-corrected chi connectivity index (χ0v) is 17.2. The highest BCUT2D eigenvalue weighted by Crippen LogP contribution is 2.35. The third-order valence-corrected chi connectivity index (χ3v) is 5.85. The van der Waals surface area contributed by atoms with Crippen LogP contribution in [0, 0.1) is 12.3 Å². The number of nitrogens with one attached hydrogen (secondary N) is 1. The molecule has 1 N–H and O–H groups in total. The molecule has 1 aliphatic heterocycles. The predicted molar refractivity (Wildman–Crippen MR) is 105 cm³/mol. The predicted octanol–water partition coefficient (Wildman–Crippen LogP) is 4.05. The molecule has 1 atom stereocenters. The second kappa shape index (κ2) is 7.82. The molecule has 0 radical (unpaired) electrons. The van der Waals surface area contributed by atoms with Gasteiger partial charge in [-0.2, -0.15) is 18.3 Å². The van der Waals surface area contributed by atoms with Gasteiger partial charge in [-0.15, -0.1) is 0 Å². The average Bonchev–Trinajstić information content (AvgIpc) is 3.06. The summed E-state index contributed by atoms with van der Waals surface area (Å²) in [6.45, 7) is 7.14. The molecule has 3 rings (SSSR count). The van der Waals surface area contributed by atoms with Crippen LogP contribution in [0.25, 0.3) is 5.69 Å². The first-order valence-corrected chi connectivity index (χ1v) is 9.72. The van der Waals surface area contributed by atoms with Crippen LogP contribution in [0.2, 0.25) is 0 Å². The first-order chi connectivity index (χ1) is 13.5. The van der Waals surface area contributed by atoms with Crippen LogP contribution in [0.5, 0.6) is 0 Å². The quantitative estimate of drug-likeness (QED) is 0.831. The number of rotatable bonds is 4. The fraction of sp³-hybridized carbons (Fsp3) is 0.524. The van der Waals surface area contributed by atoms with Crippen LogP contribution in [0.3, 0.4) is 0 Å². The minimum Gasteiger partial charge on any atom is -0.350 e. The fourth-order valence-corrected chi connectivity index (χ4v) is 4.19. The van der Waals surface area contributed by atoms with Crippen molar-refractivity contribution in [3.05, 3.63) is 47.3 Å². The Hall–Kier alpha value is -2.35. The number of likely N-dealkylation sites (N-methyl/N-ethyl adjacent to an activating group) is 1. The maximum Gasteiger partial charge on any atom is 0.434 e. The SMILES string of the molecule is Cc1ccccc1-n1ncc(C(=O)NCC2N(C)CCCC2(C)C)c1C(F)(F)F. The lowest BCUT2D eigenvalue weighted by molar-refractivity contribution is -0.143. The van der Waals surface area contributed by atoms with Gasteiger partial charge in [0.25, 0.3) is 5.91 Å². The van der Waals surface area contributed by atoms with E-state index in [-0.39, 0.29) is 18.0 Å². The number of hydrogen-bond donors (Lipinski definition) is 1. The molecule has 1 aromatic heterocycles. The van der Waals surface area contributed by atoms with Gasteiger partial charge in [0.1, 0.15) is 0 Å². The Morgan fingerprint density at radius 1 is 1.31 bits per heavy atom. The number of likely N-dealkylation sites (tertiary alicyclic amines) is 1. The molecule has 1 aliphatic rings. The number of nitrogens with zero attached hydrogens (tertiary/aromatic N) is 3. The van der Waals surface area contributed by atoms with Crippen LogP contribution >= 0.6 is 0 Å². The van der Waals surface area contributed by atoms with Crippen molar-refractivity contribution >= 4 is 5.91 Å². The van der Waals surface area contributed by atoms with Gasteiger partial charge in [0.2, 0.25) is 0 Å². The Balaban J connectivity index is 1.89. The van der Waals surface area contributed by atoms with Gasteiger partial charge in [-0.1, -0.05) is 32.0 Å². The molecule has 158 valence electrons. The molecule has 1 fully saturated rings. The van der Waals surface area contributed by atoms with E-state index in [1.807, 2.05) is 7.05 Å². The van der Waals surface area contributed by atoms with Crippen molar-refractivity contribution in [2.75, 3.05) is 20.1 Å². The Labute approximate surface area is 168 Å². The van der Waals surface area contributed by atoms with Crippen molar-refractivity contribution in [3.63, 3.8) is 0 Å². The summed E-state index contributed by atoms with van der Waals surface area (Å²) in [5.74, 6) is -0.757. The number of alkyl halides is 3. The molecule has 0 saturated carbocycles. The summed E-state index contributed by atoms with van der Waals surface area (Å²) >= 11 is 0. The second-order valence-electron chi connectivity index (χ2n) is 8.40. The van der Waals surface area contributed by atoms with E-state index in [4.69, 9.17) is 0 Å². The fourth-order valence-electron chi connectivity index (χ4n) is 4.19. The lowest BCUT2D eigenvalue weighted by atomic mass is 9.76. The smallest absolute Gasteiger partial charge is 0.350 e. The molecular formula is C21H27F3N4O. The molecule has 2 heterocycles. The number of aromatic nitrogens is 2. The first kappa shape index (κ1) is 21.4. The van der Waals surface area contributed by atoms with E-state index in [2.05, 4.69) is 29.2 Å². The van der Waals surface area contributed by atoms with Gasteiger partial charge in [-0.05, 0) is 50.4 Å². The van der Waals surface area contributed by atoms with Gasteiger partial charge in [0.15, 0.2) is 5.69 Å². The zero-order chi connectivity index (χ0) is 21.4. The number of carbonyl (C=O) groups excluding carboxylic acids is 1. The summed E-state index contributed by atoms with van der Waals surface area (Å²) in [5.41, 5.74) is -0.610. The number of benzene rings is 1. The van der Waals surface area contributed by atoms with Crippen molar-refractivity contribution in [1.82, 2.24) is 20.0 Å². The largest absolute Gasteiger partial charge is 0.434 e. The molecule has 1 saturated heterocycles. The lowest BCUT2D eigenvalue weighted by Gasteiger charge is -2.45. The summed E-state index contributed by atoms with van der Waals surface area (Å²) < 4.78 is 42.4. The van der Waals surface area contributed by atoms with Crippen LogP contribution in [0.1, 0.15) is 48.3 Å². The van der Waals surface area contributed by atoms with Crippen molar-refractivity contribution in [2.24, 2.45) is 5.41 Å². The number of aryl methyl sites for hydroxylation is 1. The van der Waals surface area contributed by atoms with Crippen LogP contribution in [0.15, 0.2) is 30.5 Å². The van der Waals surface area contributed by atoms with Crippen molar-refractivity contribution in [3.8, 4) is 5.69 Å². The van der Waals surface area contributed by atoms with Crippen molar-refractivity contribution in [2.45, 2.75) is 45.8 Å². The summed E-state index contributed by atoms with van der Waals surface area (Å²) in [5, 5.41) is 6.61. The molecule has 0 spiro atoms. The molecule has 0 bridgehead atoms. The molecule has 29 heavy (non-hydrogen) atoms. The number of carbonyl (C=O) groups is 1. The highest BCUT2D eigenvalue weighted by atomic mass is 19.4. The monoisotopic (exact) mass is 408 g/mol. The van der Waals surface area contributed by atoms with Crippen LogP contribution < -0.4 is 5.32 Å². The van der Waals surface area contributed by atoms with Crippen molar-refractivity contribution in [1.29, 1.82) is 0 Å². The van der Waals surface area contributed by atoms with Crippen molar-refractivity contribution < 1.29 is 18.0 Å². The van der Waals surface area contributed by atoms with Gasteiger partial charge in [0, 0.05) is 12.6 Å². The summed E-state index contributed by atoms with van der Waals surface area (Å²) in [6.07, 6.45) is -1.64. The second-order valence-corrected chi connectivity index (χ2v) is 8.40. The summed E-state index contributed by atoms with van der Waals surface area (Å²) in [7, 11) is 1.98. The number of halogens is 3. The van der Waals surface area contributed by atoms with Gasteiger partial charge in [0.05, 0.1) is 17.4 Å². The molecule has 1 unspecified atom stereocenters. The lowest BCUT2D eigenvalue weighted by Crippen LogP contribution is -2.53. The summed E-state index contributed by atoms with van der Waals surface area (Å²) in [6, 6.07) is 6.70. The molecule has 5 nitrogen and oxygen atoms in total. The Morgan fingerprint density at radius 2 is 2.00 bits per heavy atom. The Bertz CT molecular complexity index is 888. The third kappa shape index (κ3) is 4.32. The standard InChI is InChI=1S/C21H27F3N4O/c1-14-8-5-6-9-16(14)28-18(21(22,23)24)15(12-26-28)19(29)25-13-17-20(2,3)10-7-11-27(17)4/h5-6,8-9,12,17H,7,10-11,13H2,1-4H3,(H,25,29). The molecule has 1 aromatic carbocycles. The number of amides is 1. The first-order valence-electron chi connectivity index (χ1n) is 9.72. The van der Waals surface area contributed by atoms with E-state index in [9.17, 15) is 18.0 Å². The van der Waals surface area contributed by atoms with E-state index in [1.54, 1.807) is 31.2 Å². The number of hydrogen-bond acceptors (Lipinski definition) is 3. The molecular weight excluding hydrogens is 381 g/mol. The van der Waals surface area contributed by atoms with Gasteiger partial charge in [-0.3, -0.25) is 4.79 Å². The maximum atomic E-state index is 13.9. The Morgan fingerprint density at radius 3 is 2.62 bits per heavy atom. The van der Waals surface area contributed by atoms with E-state index < -0.39 is 23.3 Å². The van der Waals surface area contributed by atoms with E-state index in [0.717, 1.165) is 30.3 Å². The topological polar surface area (TPSA) is 50.2 Å². The zero-order valence-electron chi connectivity index (χ0n) is 17.2. The minimum absolute atomic E-state index is 0.0293. The highest BCUT2D eigenvalue weighted by Gasteiger charge is 2.41. The molecule has 8 heteroatoms. The Kier molecular flexibility index (Phi) is 5.76. The number of para-hydroxylation sites is 1. The van der Waals surface area contributed by atoms with Crippen LogP contribution in [-0.2, 0) is 6.18 Å². The van der Waals surface area contributed by atoms with Crippen LogP contribution in [-0.4, -0.2) is 46.8 Å². The molecule has 2 aromatic rings. The summed E-state index contributed by atoms with van der Waals surface area (Å²) in [4.78, 5) is 14.9. The maximum absolute atomic E-state index is 13.9. The third-order valence-electron chi connectivity index (χ3n) is 5.85. The van der Waals surface area contributed by atoms with Gasteiger partial charge in [-0.25, -0.2) is 4.68 Å². The normalized spacial score (nSPS) is 19.9. The van der Waals surface area contributed by atoms with Gasteiger partial charge >= 0.3 is 6.18 Å². The number of piperidine rings is 1. The average molecular weight is 408 g/mol. The minimum atomic E-state index is -4.72. The van der Waals surface area contributed by atoms with E-state index in [0.29, 0.717) is 11.3 Å². The van der Waals surface area contributed by atoms with E-state index >= 15 is 0 Å². The highest BCUT2D eigenvalue weighted by molar-refractivity contribution is 5.95.